The maximum absolute atomic E-state index is 12.2. The van der Waals surface area contributed by atoms with E-state index in [0.29, 0.717) is 25.6 Å². The third kappa shape index (κ3) is 6.57. The monoisotopic (exact) mass is 362 g/mol. The maximum Gasteiger partial charge on any atom is 0.323 e. The van der Waals surface area contributed by atoms with E-state index in [1.54, 1.807) is 6.92 Å². The molecule has 0 spiro atoms. The van der Waals surface area contributed by atoms with Crippen molar-refractivity contribution in [3.8, 4) is 0 Å². The van der Waals surface area contributed by atoms with Crippen molar-refractivity contribution in [3.63, 3.8) is 0 Å². The minimum atomic E-state index is -0.438. The molecule has 1 aliphatic rings. The molecule has 0 saturated carbocycles. The van der Waals surface area contributed by atoms with E-state index in [-0.39, 0.29) is 12.7 Å². The van der Waals surface area contributed by atoms with E-state index < -0.39 is 6.04 Å². The standard InChI is InChI=1S/C19H26N2O3S/c1-3-24-19(22)17(10-15-7-5-4-6-8-15)21-13-23-12-16-9-14(2)11-20-18(16)25/h4-9,14,17,21H,3,10-13H2,1-2H3,(H,20,25). The van der Waals surface area contributed by atoms with Gasteiger partial charge < -0.3 is 14.8 Å². The van der Waals surface area contributed by atoms with Crippen molar-refractivity contribution in [3.05, 3.63) is 47.5 Å². The Hall–Kier alpha value is -1.76. The fourth-order valence-corrected chi connectivity index (χ4v) is 2.82. The Balaban J connectivity index is 1.84. The summed E-state index contributed by atoms with van der Waals surface area (Å²) < 4.78 is 10.8. The summed E-state index contributed by atoms with van der Waals surface area (Å²) in [5.41, 5.74) is 2.06. The van der Waals surface area contributed by atoms with Crippen molar-refractivity contribution in [1.29, 1.82) is 0 Å². The van der Waals surface area contributed by atoms with Crippen LogP contribution in [0.15, 0.2) is 42.0 Å². The van der Waals surface area contributed by atoms with Gasteiger partial charge in [0, 0.05) is 12.1 Å². The molecule has 1 aliphatic heterocycles. The van der Waals surface area contributed by atoms with E-state index in [1.165, 1.54) is 0 Å². The number of hydrogen-bond acceptors (Lipinski definition) is 5. The topological polar surface area (TPSA) is 59.6 Å². The number of esters is 1. The highest BCUT2D eigenvalue weighted by Crippen LogP contribution is 2.10. The molecule has 0 radical (unpaired) electrons. The smallest absolute Gasteiger partial charge is 0.323 e. The lowest BCUT2D eigenvalue weighted by Crippen LogP contribution is -2.41. The molecule has 2 rings (SSSR count). The molecule has 2 N–H and O–H groups in total. The summed E-state index contributed by atoms with van der Waals surface area (Å²) in [4.78, 5) is 12.9. The van der Waals surface area contributed by atoms with Gasteiger partial charge in [0.25, 0.3) is 0 Å². The molecule has 5 nitrogen and oxygen atoms in total. The van der Waals surface area contributed by atoms with Crippen LogP contribution >= 0.6 is 12.2 Å². The molecule has 0 aromatic heterocycles. The van der Waals surface area contributed by atoms with E-state index in [9.17, 15) is 4.79 Å². The van der Waals surface area contributed by atoms with Crippen molar-refractivity contribution in [2.24, 2.45) is 5.92 Å². The zero-order valence-corrected chi connectivity index (χ0v) is 15.6. The minimum Gasteiger partial charge on any atom is -0.465 e. The summed E-state index contributed by atoms with van der Waals surface area (Å²) in [6, 6.07) is 9.42. The number of ether oxygens (including phenoxy) is 2. The molecule has 1 aromatic rings. The quantitative estimate of drug-likeness (QED) is 0.304. The van der Waals surface area contributed by atoms with Gasteiger partial charge in [-0.1, -0.05) is 55.5 Å². The van der Waals surface area contributed by atoms with E-state index in [4.69, 9.17) is 21.7 Å². The highest BCUT2D eigenvalue weighted by molar-refractivity contribution is 7.80. The Morgan fingerprint density at radius 3 is 2.88 bits per heavy atom. The second-order valence-electron chi connectivity index (χ2n) is 6.07. The molecular weight excluding hydrogens is 336 g/mol. The van der Waals surface area contributed by atoms with E-state index in [0.717, 1.165) is 22.7 Å². The lowest BCUT2D eigenvalue weighted by Gasteiger charge is -2.22. The Morgan fingerprint density at radius 2 is 2.16 bits per heavy atom. The van der Waals surface area contributed by atoms with Crippen LogP contribution in [0, 0.1) is 5.92 Å². The van der Waals surface area contributed by atoms with Gasteiger partial charge in [0.2, 0.25) is 0 Å². The first-order valence-electron chi connectivity index (χ1n) is 8.60. The van der Waals surface area contributed by atoms with Gasteiger partial charge in [-0.25, -0.2) is 0 Å². The summed E-state index contributed by atoms with van der Waals surface area (Å²) >= 11 is 5.29. The minimum absolute atomic E-state index is 0.255. The lowest BCUT2D eigenvalue weighted by atomic mass is 10.0. The predicted octanol–water partition coefficient (Wildman–Crippen LogP) is 2.22. The van der Waals surface area contributed by atoms with Gasteiger partial charge in [-0.3, -0.25) is 10.1 Å². The fourth-order valence-electron chi connectivity index (χ4n) is 2.61. The molecule has 2 atom stereocenters. The second-order valence-corrected chi connectivity index (χ2v) is 6.48. The number of nitrogens with one attached hydrogen (secondary N) is 2. The van der Waals surface area contributed by atoms with Gasteiger partial charge in [-0.15, -0.1) is 0 Å². The van der Waals surface area contributed by atoms with Gasteiger partial charge in [-0.2, -0.15) is 0 Å². The Bertz CT molecular complexity index is 604. The SMILES string of the molecule is CCOC(=O)C(Cc1ccccc1)NCOCC1=CC(C)CNC1=S. The number of thiocarbonyl (C=S) groups is 1. The molecule has 1 aromatic carbocycles. The van der Waals surface area contributed by atoms with E-state index in [2.05, 4.69) is 23.6 Å². The number of hydrogen-bond donors (Lipinski definition) is 2. The van der Waals surface area contributed by atoms with Crippen LogP contribution in [-0.4, -0.2) is 43.5 Å². The molecule has 0 aliphatic carbocycles. The molecule has 0 bridgehead atoms. The average Bonchev–Trinajstić information content (AvgIpc) is 2.61. The number of carbonyl (C=O) groups excluding carboxylic acids is 1. The van der Waals surface area contributed by atoms with Crippen molar-refractivity contribution in [1.82, 2.24) is 10.6 Å². The van der Waals surface area contributed by atoms with Crippen molar-refractivity contribution in [2.75, 3.05) is 26.5 Å². The Morgan fingerprint density at radius 1 is 1.40 bits per heavy atom. The van der Waals surface area contributed by atoms with Crippen molar-refractivity contribution in [2.45, 2.75) is 26.3 Å². The first-order chi connectivity index (χ1) is 12.1. The molecule has 0 amide bonds. The average molecular weight is 362 g/mol. The highest BCUT2D eigenvalue weighted by Gasteiger charge is 2.20. The van der Waals surface area contributed by atoms with Crippen LogP contribution in [-0.2, 0) is 20.7 Å². The molecule has 0 saturated heterocycles. The maximum atomic E-state index is 12.2. The van der Waals surface area contributed by atoms with Gasteiger partial charge in [0.1, 0.15) is 11.0 Å². The van der Waals surface area contributed by atoms with Crippen LogP contribution in [0.1, 0.15) is 19.4 Å². The summed E-state index contributed by atoms with van der Waals surface area (Å²) in [6.45, 7) is 5.83. The first-order valence-corrected chi connectivity index (χ1v) is 9.01. The largest absolute Gasteiger partial charge is 0.465 e. The number of benzene rings is 1. The van der Waals surface area contributed by atoms with Crippen LogP contribution in [0.2, 0.25) is 0 Å². The van der Waals surface area contributed by atoms with Crippen LogP contribution in [0.4, 0.5) is 0 Å². The molecule has 2 unspecified atom stereocenters. The van der Waals surface area contributed by atoms with E-state index >= 15 is 0 Å². The van der Waals surface area contributed by atoms with Crippen LogP contribution in [0.25, 0.3) is 0 Å². The van der Waals surface area contributed by atoms with Crippen LogP contribution in [0.3, 0.4) is 0 Å². The first kappa shape index (κ1) is 19.6. The third-order valence-electron chi connectivity index (χ3n) is 3.91. The summed E-state index contributed by atoms with van der Waals surface area (Å²) in [5.74, 6) is 0.168. The fraction of sp³-hybridized carbons (Fsp3) is 0.474. The van der Waals surface area contributed by atoms with Crippen LogP contribution in [0.5, 0.6) is 0 Å². The van der Waals surface area contributed by atoms with Crippen LogP contribution < -0.4 is 10.6 Å². The van der Waals surface area contributed by atoms with Gasteiger partial charge in [0.05, 0.1) is 19.9 Å². The zero-order valence-electron chi connectivity index (χ0n) is 14.8. The summed E-state index contributed by atoms with van der Waals surface area (Å²) in [6.07, 6.45) is 2.69. The normalized spacial score (nSPS) is 18.2. The Kier molecular flexibility index (Phi) is 8.04. The Labute approximate surface area is 154 Å². The molecule has 0 fully saturated rings. The number of rotatable bonds is 9. The molecule has 1 heterocycles. The lowest BCUT2D eigenvalue weighted by molar-refractivity contribution is -0.146. The van der Waals surface area contributed by atoms with Gasteiger partial charge >= 0.3 is 5.97 Å². The summed E-state index contributed by atoms with van der Waals surface area (Å²) in [5, 5.41) is 6.32. The molecule has 25 heavy (non-hydrogen) atoms. The van der Waals surface area contributed by atoms with E-state index in [1.807, 2.05) is 30.3 Å². The van der Waals surface area contributed by atoms with Gasteiger partial charge in [0.15, 0.2) is 0 Å². The zero-order chi connectivity index (χ0) is 18.1. The molecular formula is C19H26N2O3S. The number of carbonyl (C=O) groups is 1. The second kappa shape index (κ2) is 10.3. The third-order valence-corrected chi connectivity index (χ3v) is 4.31. The molecule has 6 heteroatoms. The van der Waals surface area contributed by atoms with Crippen molar-refractivity contribution >= 4 is 23.2 Å². The summed E-state index contributed by atoms with van der Waals surface area (Å²) in [7, 11) is 0. The predicted molar refractivity (Wildman–Crippen MR) is 102 cm³/mol. The molecule has 136 valence electrons. The van der Waals surface area contributed by atoms with Crippen molar-refractivity contribution < 1.29 is 14.3 Å². The highest BCUT2D eigenvalue weighted by atomic mass is 32.1. The van der Waals surface area contributed by atoms with Gasteiger partial charge in [-0.05, 0) is 24.8 Å².